The summed E-state index contributed by atoms with van der Waals surface area (Å²) < 4.78 is 0. The number of benzene rings is 2. The van der Waals surface area contributed by atoms with Gasteiger partial charge in [-0.05, 0) is 31.2 Å². The van der Waals surface area contributed by atoms with E-state index in [9.17, 15) is 15.3 Å². The molecule has 2 rings (SSSR count). The van der Waals surface area contributed by atoms with Gasteiger partial charge in [0, 0.05) is 0 Å². The summed E-state index contributed by atoms with van der Waals surface area (Å²) in [7, 11) is 0. The van der Waals surface area contributed by atoms with Gasteiger partial charge in [0.15, 0.2) is 0 Å². The molecule has 2 aromatic carbocycles. The first kappa shape index (κ1) is 18.6. The standard InChI is InChI=1S/C18H22N4O3/c1-13(23)17(24)18(25)16(22-21-15-10-6-3-7-11-15)12-19-20-14-8-4-2-5-9-14/h2-13,17-18,20-21,23-25H,1H3/t13-,17-,18-/m0/s1. The number of aliphatic hydroxyl groups excluding tert-OH is 3. The van der Waals surface area contributed by atoms with Crippen LogP contribution in [-0.4, -0.2) is 45.6 Å². The van der Waals surface area contributed by atoms with Crippen molar-refractivity contribution in [2.45, 2.75) is 25.2 Å². The SMILES string of the molecule is C[C@H](O)[C@H](O)[C@@H](O)C(C=NNc1ccccc1)=NNc1ccccc1. The first-order valence-corrected chi connectivity index (χ1v) is 7.85. The summed E-state index contributed by atoms with van der Waals surface area (Å²) in [5, 5.41) is 37.7. The van der Waals surface area contributed by atoms with E-state index in [0.29, 0.717) is 5.69 Å². The number of anilines is 2. The third-order valence-electron chi connectivity index (χ3n) is 3.37. The first-order chi connectivity index (χ1) is 12.1. The summed E-state index contributed by atoms with van der Waals surface area (Å²) >= 11 is 0. The van der Waals surface area contributed by atoms with Crippen LogP contribution in [0.25, 0.3) is 0 Å². The van der Waals surface area contributed by atoms with E-state index in [1.54, 1.807) is 12.1 Å². The fourth-order valence-corrected chi connectivity index (χ4v) is 1.94. The Bertz CT molecular complexity index is 690. The maximum atomic E-state index is 10.2. The number of hydrazone groups is 2. The first-order valence-electron chi connectivity index (χ1n) is 7.85. The monoisotopic (exact) mass is 342 g/mol. The molecule has 0 fully saturated rings. The summed E-state index contributed by atoms with van der Waals surface area (Å²) in [6, 6.07) is 18.4. The number of rotatable bonds is 8. The van der Waals surface area contributed by atoms with Gasteiger partial charge >= 0.3 is 0 Å². The van der Waals surface area contributed by atoms with Gasteiger partial charge in [-0.3, -0.25) is 10.9 Å². The summed E-state index contributed by atoms with van der Waals surface area (Å²) in [4.78, 5) is 0. The van der Waals surface area contributed by atoms with Gasteiger partial charge in [-0.2, -0.15) is 10.2 Å². The van der Waals surface area contributed by atoms with Crippen molar-refractivity contribution in [1.82, 2.24) is 0 Å². The second-order valence-electron chi connectivity index (χ2n) is 5.43. The summed E-state index contributed by atoms with van der Waals surface area (Å²) in [5.74, 6) is 0. The molecule has 0 aromatic heterocycles. The van der Waals surface area contributed by atoms with E-state index in [4.69, 9.17) is 0 Å². The third-order valence-corrected chi connectivity index (χ3v) is 3.37. The zero-order chi connectivity index (χ0) is 18.1. The average Bonchev–Trinajstić information content (AvgIpc) is 2.65. The van der Waals surface area contributed by atoms with Crippen LogP contribution in [0, 0.1) is 0 Å². The van der Waals surface area contributed by atoms with Crippen molar-refractivity contribution < 1.29 is 15.3 Å². The largest absolute Gasteiger partial charge is 0.391 e. The lowest BCUT2D eigenvalue weighted by Crippen LogP contribution is -2.42. The lowest BCUT2D eigenvalue weighted by atomic mass is 10.1. The predicted octanol–water partition coefficient (Wildman–Crippen LogP) is 1.65. The molecular formula is C18H22N4O3. The van der Waals surface area contributed by atoms with E-state index >= 15 is 0 Å². The highest BCUT2D eigenvalue weighted by Gasteiger charge is 2.25. The summed E-state index contributed by atoms with van der Waals surface area (Å²) in [5.41, 5.74) is 7.13. The molecule has 0 bridgehead atoms. The molecule has 3 atom stereocenters. The fraction of sp³-hybridized carbons (Fsp3) is 0.222. The Hall–Kier alpha value is -2.74. The Kier molecular flexibility index (Phi) is 7.09. The zero-order valence-corrected chi connectivity index (χ0v) is 13.8. The van der Waals surface area contributed by atoms with Crippen molar-refractivity contribution in [3.05, 3.63) is 60.7 Å². The Morgan fingerprint density at radius 1 is 0.880 bits per heavy atom. The Labute approximate surface area is 146 Å². The van der Waals surface area contributed by atoms with Crippen LogP contribution in [0.4, 0.5) is 11.4 Å². The van der Waals surface area contributed by atoms with Gasteiger partial charge < -0.3 is 15.3 Å². The van der Waals surface area contributed by atoms with Crippen LogP contribution in [0.5, 0.6) is 0 Å². The highest BCUT2D eigenvalue weighted by atomic mass is 16.4. The van der Waals surface area contributed by atoms with Crippen LogP contribution in [0.15, 0.2) is 70.9 Å². The predicted molar refractivity (Wildman–Crippen MR) is 99.8 cm³/mol. The van der Waals surface area contributed by atoms with Crippen LogP contribution < -0.4 is 10.9 Å². The highest BCUT2D eigenvalue weighted by Crippen LogP contribution is 2.08. The topological polar surface area (TPSA) is 109 Å². The molecule has 132 valence electrons. The van der Waals surface area contributed by atoms with Gasteiger partial charge in [0.25, 0.3) is 0 Å². The van der Waals surface area contributed by atoms with Crippen molar-refractivity contribution in [1.29, 1.82) is 0 Å². The normalized spacial score (nSPS) is 15.6. The van der Waals surface area contributed by atoms with Crippen LogP contribution >= 0.6 is 0 Å². The van der Waals surface area contributed by atoms with Gasteiger partial charge in [-0.25, -0.2) is 0 Å². The van der Waals surface area contributed by atoms with E-state index in [2.05, 4.69) is 21.1 Å². The molecule has 25 heavy (non-hydrogen) atoms. The second-order valence-corrected chi connectivity index (χ2v) is 5.43. The Balaban J connectivity index is 2.13. The van der Waals surface area contributed by atoms with E-state index in [1.165, 1.54) is 13.1 Å². The number of para-hydroxylation sites is 2. The van der Waals surface area contributed by atoms with Crippen LogP contribution in [0.2, 0.25) is 0 Å². The zero-order valence-electron chi connectivity index (χ0n) is 13.8. The molecule has 0 aliphatic carbocycles. The number of nitrogens with one attached hydrogen (secondary N) is 2. The minimum Gasteiger partial charge on any atom is -0.391 e. The molecule has 7 heteroatoms. The smallest absolute Gasteiger partial charge is 0.128 e. The molecule has 0 saturated heterocycles. The molecule has 0 aliphatic rings. The van der Waals surface area contributed by atoms with Crippen LogP contribution in [0.1, 0.15) is 6.92 Å². The molecule has 0 aliphatic heterocycles. The quantitative estimate of drug-likeness (QED) is 0.370. The van der Waals surface area contributed by atoms with Crippen molar-refractivity contribution in [2.75, 3.05) is 10.9 Å². The molecule has 5 N–H and O–H groups in total. The molecule has 2 aromatic rings. The van der Waals surface area contributed by atoms with Gasteiger partial charge in [-0.1, -0.05) is 36.4 Å². The highest BCUT2D eigenvalue weighted by molar-refractivity contribution is 6.33. The van der Waals surface area contributed by atoms with Gasteiger partial charge in [0.1, 0.15) is 17.9 Å². The van der Waals surface area contributed by atoms with Crippen molar-refractivity contribution in [2.24, 2.45) is 10.2 Å². The Morgan fingerprint density at radius 3 is 1.92 bits per heavy atom. The molecule has 0 heterocycles. The van der Waals surface area contributed by atoms with Gasteiger partial charge in [0.05, 0.1) is 23.7 Å². The molecule has 0 amide bonds. The molecule has 0 saturated carbocycles. The van der Waals surface area contributed by atoms with Crippen molar-refractivity contribution in [3.8, 4) is 0 Å². The third kappa shape index (κ3) is 6.00. The van der Waals surface area contributed by atoms with Gasteiger partial charge in [-0.15, -0.1) is 0 Å². The van der Waals surface area contributed by atoms with Crippen LogP contribution in [0.3, 0.4) is 0 Å². The molecule has 0 radical (unpaired) electrons. The maximum absolute atomic E-state index is 10.2. The molecular weight excluding hydrogens is 320 g/mol. The fourth-order valence-electron chi connectivity index (χ4n) is 1.94. The summed E-state index contributed by atoms with van der Waals surface area (Å²) in [6.45, 7) is 1.38. The van der Waals surface area contributed by atoms with E-state index in [0.717, 1.165) is 5.69 Å². The number of hydrogen-bond donors (Lipinski definition) is 5. The minimum absolute atomic E-state index is 0.0701. The minimum atomic E-state index is -1.41. The Morgan fingerprint density at radius 2 is 1.40 bits per heavy atom. The number of hydrogen-bond acceptors (Lipinski definition) is 7. The van der Waals surface area contributed by atoms with E-state index in [-0.39, 0.29) is 5.71 Å². The average molecular weight is 342 g/mol. The lowest BCUT2D eigenvalue weighted by molar-refractivity contribution is -0.0249. The lowest BCUT2D eigenvalue weighted by Gasteiger charge is -2.20. The molecule has 0 spiro atoms. The van der Waals surface area contributed by atoms with E-state index < -0.39 is 18.3 Å². The molecule has 0 unspecified atom stereocenters. The molecule has 7 nitrogen and oxygen atoms in total. The summed E-state index contributed by atoms with van der Waals surface area (Å²) in [6.07, 6.45) is -2.62. The van der Waals surface area contributed by atoms with Crippen molar-refractivity contribution >= 4 is 23.3 Å². The van der Waals surface area contributed by atoms with Crippen molar-refractivity contribution in [3.63, 3.8) is 0 Å². The second kappa shape index (κ2) is 9.53. The number of nitrogens with zero attached hydrogens (tertiary/aromatic N) is 2. The van der Waals surface area contributed by atoms with Gasteiger partial charge in [0.2, 0.25) is 0 Å². The van der Waals surface area contributed by atoms with Crippen LogP contribution in [-0.2, 0) is 0 Å². The van der Waals surface area contributed by atoms with E-state index in [1.807, 2.05) is 48.5 Å². The maximum Gasteiger partial charge on any atom is 0.128 e. The number of aliphatic hydroxyl groups is 3.